The summed E-state index contributed by atoms with van der Waals surface area (Å²) >= 11 is 0. The van der Waals surface area contributed by atoms with Crippen molar-refractivity contribution < 1.29 is 17.6 Å². The molecule has 0 N–H and O–H groups in total. The molecule has 1 unspecified atom stereocenters. The van der Waals surface area contributed by atoms with E-state index in [4.69, 9.17) is 4.42 Å². The van der Waals surface area contributed by atoms with Crippen LogP contribution < -0.4 is 5.69 Å². The lowest BCUT2D eigenvalue weighted by atomic mass is 10.1. The highest BCUT2D eigenvalue weighted by molar-refractivity contribution is 5.65. The van der Waals surface area contributed by atoms with E-state index in [9.17, 15) is 18.0 Å². The van der Waals surface area contributed by atoms with Gasteiger partial charge < -0.3 is 4.42 Å². The molecular formula is C18H16F3N3O2. The van der Waals surface area contributed by atoms with E-state index in [2.05, 4.69) is 9.97 Å². The molecule has 26 heavy (non-hydrogen) atoms. The summed E-state index contributed by atoms with van der Waals surface area (Å²) in [6.45, 7) is 3.97. The van der Waals surface area contributed by atoms with E-state index in [0.717, 1.165) is 24.9 Å². The minimum Gasteiger partial charge on any atom is -0.441 e. The van der Waals surface area contributed by atoms with Crippen LogP contribution in [0.4, 0.5) is 13.2 Å². The van der Waals surface area contributed by atoms with Crippen molar-refractivity contribution in [2.75, 3.05) is 0 Å². The zero-order valence-electron chi connectivity index (χ0n) is 14.1. The Balaban J connectivity index is 2.00. The van der Waals surface area contributed by atoms with E-state index in [0.29, 0.717) is 11.3 Å². The van der Waals surface area contributed by atoms with Crippen molar-refractivity contribution >= 4 is 0 Å². The van der Waals surface area contributed by atoms with Gasteiger partial charge in [-0.2, -0.15) is 23.1 Å². The number of rotatable bonds is 4. The molecule has 0 radical (unpaired) electrons. The number of hydrogen-bond donors (Lipinski definition) is 0. The Morgan fingerprint density at radius 3 is 2.46 bits per heavy atom. The molecule has 3 rings (SSSR count). The van der Waals surface area contributed by atoms with Crippen LogP contribution in [0.5, 0.6) is 0 Å². The maximum atomic E-state index is 12.7. The molecule has 1 atom stereocenters. The lowest BCUT2D eigenvalue weighted by Crippen LogP contribution is -2.23. The maximum Gasteiger partial charge on any atom is 0.416 e. The van der Waals surface area contributed by atoms with Crippen molar-refractivity contribution in [3.8, 4) is 17.1 Å². The van der Waals surface area contributed by atoms with E-state index < -0.39 is 17.4 Å². The van der Waals surface area contributed by atoms with Crippen molar-refractivity contribution in [3.63, 3.8) is 0 Å². The van der Waals surface area contributed by atoms with Gasteiger partial charge in [0.05, 0.1) is 11.3 Å². The summed E-state index contributed by atoms with van der Waals surface area (Å²) in [5.74, 6) is 0.515. The van der Waals surface area contributed by atoms with Gasteiger partial charge in [-0.3, -0.25) is 0 Å². The fraction of sp³-hybridized carbons (Fsp3) is 0.278. The average molecular weight is 363 g/mol. The quantitative estimate of drug-likeness (QED) is 0.688. The Labute approximate surface area is 147 Å². The topological polar surface area (TPSA) is 60.9 Å². The maximum absolute atomic E-state index is 12.7. The zero-order valence-corrected chi connectivity index (χ0v) is 14.1. The van der Waals surface area contributed by atoms with Crippen LogP contribution in [-0.2, 0) is 6.18 Å². The van der Waals surface area contributed by atoms with Crippen LogP contribution in [0.1, 0.15) is 37.4 Å². The summed E-state index contributed by atoms with van der Waals surface area (Å²) < 4.78 is 44.6. The lowest BCUT2D eigenvalue weighted by molar-refractivity contribution is -0.137. The van der Waals surface area contributed by atoms with Gasteiger partial charge in [-0.25, -0.2) is 9.36 Å². The summed E-state index contributed by atoms with van der Waals surface area (Å²) in [5, 5.41) is 0. The third-order valence-electron chi connectivity index (χ3n) is 4.19. The molecule has 0 aliphatic carbocycles. The molecule has 136 valence electrons. The molecule has 8 heteroatoms. The van der Waals surface area contributed by atoms with E-state index in [-0.39, 0.29) is 17.5 Å². The largest absolute Gasteiger partial charge is 0.441 e. The SMILES string of the molecule is CCC(C)c1ccn(-c2ncoc2-c2ccc(C(F)(F)F)cc2)c(=O)n1. The third-order valence-corrected chi connectivity index (χ3v) is 4.19. The van der Waals surface area contributed by atoms with Gasteiger partial charge in [-0.05, 0) is 30.5 Å². The number of aromatic nitrogens is 3. The van der Waals surface area contributed by atoms with E-state index in [1.807, 2.05) is 13.8 Å². The molecule has 0 aliphatic heterocycles. The van der Waals surface area contributed by atoms with Crippen LogP contribution in [0.2, 0.25) is 0 Å². The first-order valence-corrected chi connectivity index (χ1v) is 8.02. The second kappa shape index (κ2) is 6.78. The first-order valence-electron chi connectivity index (χ1n) is 8.02. The number of halogens is 3. The van der Waals surface area contributed by atoms with Gasteiger partial charge in [0.15, 0.2) is 18.0 Å². The second-order valence-corrected chi connectivity index (χ2v) is 5.89. The van der Waals surface area contributed by atoms with Crippen molar-refractivity contribution in [1.29, 1.82) is 0 Å². The van der Waals surface area contributed by atoms with Crippen LogP contribution in [0.15, 0.2) is 52.1 Å². The number of oxazole rings is 1. The average Bonchev–Trinajstić information content (AvgIpc) is 3.09. The van der Waals surface area contributed by atoms with Crippen molar-refractivity contribution in [1.82, 2.24) is 14.5 Å². The molecule has 0 spiro atoms. The number of nitrogens with zero attached hydrogens (tertiary/aromatic N) is 3. The third kappa shape index (κ3) is 3.40. The summed E-state index contributed by atoms with van der Waals surface area (Å²) in [4.78, 5) is 20.4. The fourth-order valence-corrected chi connectivity index (χ4v) is 2.48. The first kappa shape index (κ1) is 17.9. The smallest absolute Gasteiger partial charge is 0.416 e. The lowest BCUT2D eigenvalue weighted by Gasteiger charge is -2.10. The van der Waals surface area contributed by atoms with Gasteiger partial charge in [0.2, 0.25) is 0 Å². The zero-order chi connectivity index (χ0) is 18.9. The Morgan fingerprint density at radius 1 is 1.19 bits per heavy atom. The van der Waals surface area contributed by atoms with Gasteiger partial charge in [0.25, 0.3) is 0 Å². The molecule has 2 heterocycles. The number of hydrogen-bond acceptors (Lipinski definition) is 4. The minimum atomic E-state index is -4.42. The van der Waals surface area contributed by atoms with Crippen molar-refractivity contribution in [2.45, 2.75) is 32.4 Å². The molecule has 1 aromatic carbocycles. The summed E-state index contributed by atoms with van der Waals surface area (Å²) in [7, 11) is 0. The molecule has 5 nitrogen and oxygen atoms in total. The van der Waals surface area contributed by atoms with Crippen LogP contribution >= 0.6 is 0 Å². The van der Waals surface area contributed by atoms with Crippen molar-refractivity contribution in [3.05, 3.63) is 64.7 Å². The standard InChI is InChI=1S/C18H16F3N3O2/c1-3-11(2)14-8-9-24(17(25)23-14)16-15(26-10-22-16)12-4-6-13(7-5-12)18(19,20)21/h4-11H,3H2,1-2H3. The van der Waals surface area contributed by atoms with E-state index >= 15 is 0 Å². The van der Waals surface area contributed by atoms with Crippen LogP contribution in [0, 0.1) is 0 Å². The molecule has 0 saturated heterocycles. The highest BCUT2D eigenvalue weighted by atomic mass is 19.4. The Hall–Kier alpha value is -2.90. The summed E-state index contributed by atoms with van der Waals surface area (Å²) in [6.07, 6.45) is -0.897. The number of alkyl halides is 3. The fourth-order valence-electron chi connectivity index (χ4n) is 2.48. The second-order valence-electron chi connectivity index (χ2n) is 5.89. The number of benzene rings is 1. The molecule has 0 saturated carbocycles. The van der Waals surface area contributed by atoms with Gasteiger partial charge in [0, 0.05) is 11.8 Å². The first-order chi connectivity index (χ1) is 12.3. The minimum absolute atomic E-state index is 0.143. The molecule has 0 amide bonds. The normalized spacial score (nSPS) is 13.0. The molecule has 3 aromatic rings. The highest BCUT2D eigenvalue weighted by Gasteiger charge is 2.30. The molecule has 0 aliphatic rings. The predicted molar refractivity (Wildman–Crippen MR) is 89.0 cm³/mol. The highest BCUT2D eigenvalue weighted by Crippen LogP contribution is 2.32. The Morgan fingerprint density at radius 2 is 1.88 bits per heavy atom. The van der Waals surface area contributed by atoms with Crippen LogP contribution in [0.3, 0.4) is 0 Å². The van der Waals surface area contributed by atoms with Crippen molar-refractivity contribution in [2.24, 2.45) is 0 Å². The predicted octanol–water partition coefficient (Wildman–Crippen LogP) is 4.42. The van der Waals surface area contributed by atoms with Gasteiger partial charge in [0.1, 0.15) is 0 Å². The molecule has 2 aromatic heterocycles. The Kier molecular flexibility index (Phi) is 4.67. The van der Waals surface area contributed by atoms with E-state index in [1.165, 1.54) is 16.7 Å². The van der Waals surface area contributed by atoms with Gasteiger partial charge in [-0.15, -0.1) is 0 Å². The summed E-state index contributed by atoms with van der Waals surface area (Å²) in [6, 6.07) is 6.18. The van der Waals surface area contributed by atoms with E-state index in [1.54, 1.807) is 12.3 Å². The monoisotopic (exact) mass is 363 g/mol. The molecular weight excluding hydrogens is 347 g/mol. The Bertz CT molecular complexity index is 959. The van der Waals surface area contributed by atoms with Crippen LogP contribution in [-0.4, -0.2) is 14.5 Å². The molecule has 0 bridgehead atoms. The van der Waals surface area contributed by atoms with Gasteiger partial charge in [-0.1, -0.05) is 26.0 Å². The molecule has 0 fully saturated rings. The summed E-state index contributed by atoms with van der Waals surface area (Å²) in [5.41, 5.74) is -0.236. The van der Waals surface area contributed by atoms with Crippen LogP contribution in [0.25, 0.3) is 17.1 Å². The van der Waals surface area contributed by atoms with Gasteiger partial charge >= 0.3 is 11.9 Å².